The topological polar surface area (TPSA) is 48.7 Å². The van der Waals surface area contributed by atoms with Gasteiger partial charge in [-0.15, -0.1) is 0 Å². The number of halogens is 1. The van der Waals surface area contributed by atoms with Crippen LogP contribution in [0.5, 0.6) is 17.4 Å². The first-order chi connectivity index (χ1) is 8.22. The third-order valence-corrected chi connectivity index (χ3v) is 2.73. The molecule has 0 spiro atoms. The molecule has 88 valence electrons. The number of rotatable bonds is 4. The second kappa shape index (κ2) is 5.22. The summed E-state index contributed by atoms with van der Waals surface area (Å²) in [6.07, 6.45) is 0.624. The van der Waals surface area contributed by atoms with Crippen molar-refractivity contribution < 1.29 is 18.7 Å². The van der Waals surface area contributed by atoms with Crippen molar-refractivity contribution in [2.24, 2.45) is 0 Å². The number of carbonyl (C=O) groups is 1. The molecule has 2 aromatic rings. The molecule has 17 heavy (non-hydrogen) atoms. The molecule has 0 saturated heterocycles. The number of ether oxygens (including phenoxy) is 2. The molecule has 0 atom stereocenters. The Hall–Kier alpha value is -1.50. The highest BCUT2D eigenvalue weighted by atomic mass is 127. The molecule has 0 bridgehead atoms. The van der Waals surface area contributed by atoms with Crippen LogP contribution >= 0.6 is 22.6 Å². The minimum absolute atomic E-state index is 0.226. The van der Waals surface area contributed by atoms with E-state index in [0.717, 1.165) is 3.57 Å². The average Bonchev–Trinajstić information content (AvgIpc) is 2.77. The van der Waals surface area contributed by atoms with Gasteiger partial charge in [-0.1, -0.05) is 0 Å². The van der Waals surface area contributed by atoms with Gasteiger partial charge in [-0.05, 0) is 46.9 Å². The molecule has 0 aliphatic rings. The van der Waals surface area contributed by atoms with Crippen LogP contribution in [0.3, 0.4) is 0 Å². The van der Waals surface area contributed by atoms with E-state index in [4.69, 9.17) is 13.9 Å². The Morgan fingerprint density at radius 2 is 2.06 bits per heavy atom. The van der Waals surface area contributed by atoms with Gasteiger partial charge < -0.3 is 13.9 Å². The van der Waals surface area contributed by atoms with E-state index in [1.54, 1.807) is 25.3 Å². The summed E-state index contributed by atoms with van der Waals surface area (Å²) in [6.45, 7) is 0. The maximum atomic E-state index is 10.5. The molecule has 0 fully saturated rings. The molecule has 0 aliphatic heterocycles. The highest BCUT2D eigenvalue weighted by molar-refractivity contribution is 14.1. The van der Waals surface area contributed by atoms with E-state index in [1.165, 1.54) is 0 Å². The number of furan rings is 1. The van der Waals surface area contributed by atoms with E-state index in [-0.39, 0.29) is 11.7 Å². The normalized spacial score (nSPS) is 10.0. The van der Waals surface area contributed by atoms with Gasteiger partial charge in [-0.3, -0.25) is 4.79 Å². The van der Waals surface area contributed by atoms with Crippen molar-refractivity contribution in [3.8, 4) is 17.4 Å². The summed E-state index contributed by atoms with van der Waals surface area (Å²) in [6, 6.07) is 8.67. The van der Waals surface area contributed by atoms with Crippen molar-refractivity contribution in [3.05, 3.63) is 39.7 Å². The smallest absolute Gasteiger partial charge is 0.290 e. The molecule has 1 heterocycles. The first-order valence-corrected chi connectivity index (χ1v) is 5.87. The molecule has 1 aromatic carbocycles. The van der Waals surface area contributed by atoms with Gasteiger partial charge in [0.15, 0.2) is 23.5 Å². The molecular weight excluding hydrogens is 335 g/mol. The average molecular weight is 344 g/mol. The maximum Gasteiger partial charge on any atom is 0.290 e. The minimum atomic E-state index is 0.226. The predicted molar refractivity (Wildman–Crippen MR) is 69.9 cm³/mol. The summed E-state index contributed by atoms with van der Waals surface area (Å²) in [5.74, 6) is 1.64. The molecule has 0 saturated carbocycles. The molecule has 0 amide bonds. The molecule has 1 aromatic heterocycles. The Bertz CT molecular complexity index is 533. The largest absolute Gasteiger partial charge is 0.493 e. The first-order valence-electron chi connectivity index (χ1n) is 4.79. The predicted octanol–water partition coefficient (Wildman–Crippen LogP) is 3.50. The van der Waals surface area contributed by atoms with Gasteiger partial charge >= 0.3 is 0 Å². The summed E-state index contributed by atoms with van der Waals surface area (Å²) in [4.78, 5) is 10.5. The summed E-state index contributed by atoms with van der Waals surface area (Å²) < 4.78 is 16.8. The summed E-state index contributed by atoms with van der Waals surface area (Å²) in [5, 5.41) is 0. The van der Waals surface area contributed by atoms with Crippen LogP contribution < -0.4 is 9.47 Å². The van der Waals surface area contributed by atoms with E-state index >= 15 is 0 Å². The highest BCUT2D eigenvalue weighted by Crippen LogP contribution is 2.33. The zero-order chi connectivity index (χ0) is 12.3. The third-order valence-electron chi connectivity index (χ3n) is 2.05. The Morgan fingerprint density at radius 1 is 1.24 bits per heavy atom. The van der Waals surface area contributed by atoms with Gasteiger partial charge in [0.05, 0.1) is 7.11 Å². The molecule has 5 heteroatoms. The Labute approximate surface area is 112 Å². The fourth-order valence-corrected chi connectivity index (χ4v) is 1.75. The molecule has 0 unspecified atom stereocenters. The van der Waals surface area contributed by atoms with E-state index in [2.05, 4.69) is 22.6 Å². The van der Waals surface area contributed by atoms with Crippen molar-refractivity contribution in [3.63, 3.8) is 0 Å². The highest BCUT2D eigenvalue weighted by Gasteiger charge is 2.09. The van der Waals surface area contributed by atoms with E-state index in [0.29, 0.717) is 17.8 Å². The van der Waals surface area contributed by atoms with Gasteiger partial charge in [0.25, 0.3) is 5.95 Å². The maximum absolute atomic E-state index is 10.5. The van der Waals surface area contributed by atoms with E-state index in [1.807, 2.05) is 12.1 Å². The number of hydrogen-bond acceptors (Lipinski definition) is 4. The number of carbonyl (C=O) groups excluding carboxylic acids is 1. The molecule has 0 aliphatic carbocycles. The van der Waals surface area contributed by atoms with Gasteiger partial charge in [0.2, 0.25) is 0 Å². The summed E-state index contributed by atoms with van der Waals surface area (Å²) >= 11 is 2.17. The van der Waals surface area contributed by atoms with Crippen molar-refractivity contribution in [1.29, 1.82) is 0 Å². The second-order valence-corrected chi connectivity index (χ2v) is 4.42. The summed E-state index contributed by atoms with van der Waals surface area (Å²) in [7, 11) is 1.56. The zero-order valence-corrected chi connectivity index (χ0v) is 11.1. The van der Waals surface area contributed by atoms with Crippen LogP contribution in [-0.2, 0) is 0 Å². The van der Waals surface area contributed by atoms with Gasteiger partial charge in [-0.25, -0.2) is 0 Å². The van der Waals surface area contributed by atoms with E-state index < -0.39 is 0 Å². The minimum Gasteiger partial charge on any atom is -0.493 e. The molecule has 2 rings (SSSR count). The fraction of sp³-hybridized carbons (Fsp3) is 0.0833. The van der Waals surface area contributed by atoms with Crippen molar-refractivity contribution in [2.75, 3.05) is 7.11 Å². The fourth-order valence-electron chi connectivity index (χ4n) is 1.29. The van der Waals surface area contributed by atoms with Crippen LogP contribution in [0.2, 0.25) is 0 Å². The lowest BCUT2D eigenvalue weighted by molar-refractivity contribution is 0.109. The SMILES string of the molecule is COc1ccc(I)cc1Oc1ccc(C=O)o1. The molecule has 0 N–H and O–H groups in total. The van der Waals surface area contributed by atoms with Crippen LogP contribution in [0.4, 0.5) is 0 Å². The number of methoxy groups -OCH3 is 1. The molecule has 0 radical (unpaired) electrons. The number of benzene rings is 1. The Balaban J connectivity index is 2.28. The van der Waals surface area contributed by atoms with Gasteiger partial charge in [0.1, 0.15) is 0 Å². The van der Waals surface area contributed by atoms with Crippen molar-refractivity contribution in [1.82, 2.24) is 0 Å². The quantitative estimate of drug-likeness (QED) is 0.629. The van der Waals surface area contributed by atoms with Crippen LogP contribution in [0.25, 0.3) is 0 Å². The number of aldehydes is 1. The first kappa shape index (κ1) is 12.0. The van der Waals surface area contributed by atoms with Crippen LogP contribution in [0.15, 0.2) is 34.7 Å². The lowest BCUT2D eigenvalue weighted by Gasteiger charge is -2.08. The zero-order valence-electron chi connectivity index (χ0n) is 8.98. The van der Waals surface area contributed by atoms with Crippen molar-refractivity contribution in [2.45, 2.75) is 0 Å². The van der Waals surface area contributed by atoms with Crippen molar-refractivity contribution >= 4 is 28.9 Å². The standard InChI is InChI=1S/C12H9IO4/c1-15-10-4-2-8(13)6-11(10)17-12-5-3-9(7-14)16-12/h2-7H,1H3. The second-order valence-electron chi connectivity index (χ2n) is 3.17. The van der Waals surface area contributed by atoms with Crippen LogP contribution in [0.1, 0.15) is 10.6 Å². The molecule has 4 nitrogen and oxygen atoms in total. The summed E-state index contributed by atoms with van der Waals surface area (Å²) in [5.41, 5.74) is 0. The Kier molecular flexibility index (Phi) is 3.68. The van der Waals surface area contributed by atoms with Crippen LogP contribution in [0, 0.1) is 3.57 Å². The van der Waals surface area contributed by atoms with E-state index in [9.17, 15) is 4.79 Å². The Morgan fingerprint density at radius 3 is 2.71 bits per heavy atom. The number of hydrogen-bond donors (Lipinski definition) is 0. The lowest BCUT2D eigenvalue weighted by Crippen LogP contribution is -1.90. The van der Waals surface area contributed by atoms with Gasteiger partial charge in [-0.2, -0.15) is 0 Å². The van der Waals surface area contributed by atoms with Crippen LogP contribution in [-0.4, -0.2) is 13.4 Å². The molecular formula is C12H9IO4. The monoisotopic (exact) mass is 344 g/mol. The lowest BCUT2D eigenvalue weighted by atomic mass is 10.3. The van der Waals surface area contributed by atoms with Gasteiger partial charge in [0, 0.05) is 9.64 Å². The third kappa shape index (κ3) is 2.79.